The molecule has 2 unspecified atom stereocenters. The van der Waals surface area contributed by atoms with E-state index in [-0.39, 0.29) is 12.2 Å². The Kier molecular flexibility index (Phi) is 8.53. The molecule has 4 nitrogen and oxygen atoms in total. The van der Waals surface area contributed by atoms with Crippen LogP contribution < -0.4 is 36.0 Å². The second-order valence-electron chi connectivity index (χ2n) is 11.3. The lowest BCUT2D eigenvalue weighted by molar-refractivity contribution is -0.0975. The molecule has 1 fully saturated rings. The number of allylic oxidation sites excluding steroid dienone is 2. The van der Waals surface area contributed by atoms with Gasteiger partial charge in [0, 0.05) is 11.1 Å². The van der Waals surface area contributed by atoms with E-state index >= 15 is 0 Å². The second-order valence-corrected chi connectivity index (χ2v) is 15.7. The molecule has 0 spiro atoms. The van der Waals surface area contributed by atoms with Crippen LogP contribution in [0.1, 0.15) is 5.56 Å². The van der Waals surface area contributed by atoms with Gasteiger partial charge in [-0.3, -0.25) is 0 Å². The highest BCUT2D eigenvalue weighted by molar-refractivity contribution is 7.80. The maximum Gasteiger partial charge on any atom is 0.169 e. The van der Waals surface area contributed by atoms with Crippen LogP contribution >= 0.6 is 15.8 Å². The Labute approximate surface area is 272 Å². The van der Waals surface area contributed by atoms with Crippen molar-refractivity contribution in [1.82, 2.24) is 0 Å². The predicted molar refractivity (Wildman–Crippen MR) is 191 cm³/mol. The van der Waals surface area contributed by atoms with Crippen LogP contribution in [0, 0.1) is 0 Å². The molecule has 8 rings (SSSR count). The molecule has 3 aliphatic rings. The summed E-state index contributed by atoms with van der Waals surface area (Å²) in [4.78, 5) is 0. The van der Waals surface area contributed by atoms with E-state index in [1.54, 1.807) is 0 Å². The first kappa shape index (κ1) is 29.4. The van der Waals surface area contributed by atoms with Crippen LogP contribution in [0.2, 0.25) is 0 Å². The van der Waals surface area contributed by atoms with Crippen LogP contribution in [0.3, 0.4) is 0 Å². The zero-order chi connectivity index (χ0) is 30.7. The molecule has 0 N–H and O–H groups in total. The average Bonchev–Trinajstić information content (AvgIpc) is 3.14. The van der Waals surface area contributed by atoms with Crippen molar-refractivity contribution >= 4 is 47.9 Å². The Morgan fingerprint density at radius 1 is 0.500 bits per heavy atom. The molecular formula is C40H34O4P2. The number of fused-ring (bicyclic) bond motifs is 2. The first-order chi connectivity index (χ1) is 22.9. The number of ether oxygens (including phenoxy) is 4. The zero-order valence-electron chi connectivity index (χ0n) is 25.4. The number of hydrogen-bond donors (Lipinski definition) is 0. The van der Waals surface area contributed by atoms with Gasteiger partial charge in [-0.05, 0) is 59.8 Å². The van der Waals surface area contributed by atoms with Crippen LogP contribution in [-0.2, 0) is 9.47 Å². The summed E-state index contributed by atoms with van der Waals surface area (Å²) in [5.41, 5.74) is 2.22. The molecule has 2 aliphatic heterocycles. The lowest BCUT2D eigenvalue weighted by Crippen LogP contribution is -2.41. The normalized spacial score (nSPS) is 18.9. The summed E-state index contributed by atoms with van der Waals surface area (Å²) in [6, 6.07) is 47.8. The molecule has 0 aromatic heterocycles. The van der Waals surface area contributed by atoms with Crippen molar-refractivity contribution in [2.75, 3.05) is 26.4 Å². The topological polar surface area (TPSA) is 36.9 Å². The minimum atomic E-state index is -0.961. The van der Waals surface area contributed by atoms with E-state index in [2.05, 4.69) is 146 Å². The molecule has 46 heavy (non-hydrogen) atoms. The molecule has 1 saturated heterocycles. The molecule has 2 heterocycles. The van der Waals surface area contributed by atoms with E-state index in [4.69, 9.17) is 18.9 Å². The average molecular weight is 641 g/mol. The van der Waals surface area contributed by atoms with E-state index in [1.165, 1.54) is 31.8 Å². The van der Waals surface area contributed by atoms with Gasteiger partial charge in [-0.2, -0.15) is 0 Å². The van der Waals surface area contributed by atoms with E-state index in [0.29, 0.717) is 26.4 Å². The molecular weight excluding hydrogens is 606 g/mol. The molecule has 0 radical (unpaired) electrons. The monoisotopic (exact) mass is 640 g/mol. The SMILES string of the molecule is C1=CC2OCCOC2C(c2c(P(c3ccccc3)c3ccccc3)ccc3c2OCCO3)=C1P(c1ccccc1)c1ccccc1. The van der Waals surface area contributed by atoms with E-state index in [1.807, 2.05) is 0 Å². The molecule has 6 heteroatoms. The fraction of sp³-hybridized carbons (Fsp3) is 0.150. The third kappa shape index (κ3) is 5.61. The summed E-state index contributed by atoms with van der Waals surface area (Å²) >= 11 is 0. The van der Waals surface area contributed by atoms with E-state index < -0.39 is 15.8 Å². The Balaban J connectivity index is 1.46. The molecule has 2 atom stereocenters. The fourth-order valence-corrected chi connectivity index (χ4v) is 11.5. The van der Waals surface area contributed by atoms with Gasteiger partial charge in [0.15, 0.2) is 11.5 Å². The summed E-state index contributed by atoms with van der Waals surface area (Å²) in [5, 5.41) is 7.60. The predicted octanol–water partition coefficient (Wildman–Crippen LogP) is 6.41. The van der Waals surface area contributed by atoms with Crippen molar-refractivity contribution in [2.45, 2.75) is 12.2 Å². The minimum Gasteiger partial charge on any atom is -0.486 e. The van der Waals surface area contributed by atoms with Crippen LogP contribution in [0.25, 0.3) is 5.57 Å². The van der Waals surface area contributed by atoms with Crippen LogP contribution in [0.15, 0.2) is 151 Å². The summed E-state index contributed by atoms with van der Waals surface area (Å²) in [7, 11) is -1.91. The van der Waals surface area contributed by atoms with Crippen molar-refractivity contribution in [3.8, 4) is 11.5 Å². The Hall–Kier alpha value is -4.04. The highest BCUT2D eigenvalue weighted by Gasteiger charge is 2.40. The van der Waals surface area contributed by atoms with Crippen molar-refractivity contribution in [2.24, 2.45) is 0 Å². The smallest absolute Gasteiger partial charge is 0.169 e. The highest BCUT2D eigenvalue weighted by atomic mass is 31.1. The Bertz CT molecular complexity index is 1780. The first-order valence-electron chi connectivity index (χ1n) is 15.8. The standard InChI is InChI=1S/C40H34O4P2/c1-5-13-29(14-6-1)45(30-15-7-2-8-16-30)35-23-21-33-39(43-27-25-41-33)37(35)38-36(24-22-34-40(38)44-28-26-42-34)46(31-17-9-3-10-18-31)32-19-11-4-12-20-32/h1-24,33,39H,25-28H2. The molecule has 5 aromatic rings. The lowest BCUT2D eigenvalue weighted by atomic mass is 9.90. The lowest BCUT2D eigenvalue weighted by Gasteiger charge is -2.39. The van der Waals surface area contributed by atoms with Crippen LogP contribution in [-0.4, -0.2) is 38.6 Å². The van der Waals surface area contributed by atoms with Crippen LogP contribution in [0.4, 0.5) is 0 Å². The molecule has 228 valence electrons. The molecule has 0 amide bonds. The van der Waals surface area contributed by atoms with Gasteiger partial charge in [0.2, 0.25) is 0 Å². The number of hydrogen-bond acceptors (Lipinski definition) is 4. The van der Waals surface area contributed by atoms with Crippen molar-refractivity contribution in [3.05, 3.63) is 156 Å². The van der Waals surface area contributed by atoms with Crippen molar-refractivity contribution in [1.29, 1.82) is 0 Å². The number of rotatable bonds is 7. The third-order valence-corrected chi connectivity index (χ3v) is 13.5. The van der Waals surface area contributed by atoms with Gasteiger partial charge in [-0.25, -0.2) is 0 Å². The minimum absolute atomic E-state index is 0.191. The first-order valence-corrected chi connectivity index (χ1v) is 18.4. The van der Waals surface area contributed by atoms with E-state index in [9.17, 15) is 0 Å². The van der Waals surface area contributed by atoms with Crippen molar-refractivity contribution < 1.29 is 18.9 Å². The summed E-state index contributed by atoms with van der Waals surface area (Å²) < 4.78 is 26.0. The molecule has 5 aromatic carbocycles. The molecule has 0 saturated carbocycles. The maximum atomic E-state index is 6.73. The fourth-order valence-electron chi connectivity index (χ4n) is 6.55. The summed E-state index contributed by atoms with van der Waals surface area (Å²) in [5.74, 6) is 1.58. The molecule has 0 bridgehead atoms. The van der Waals surface area contributed by atoms with Gasteiger partial charge in [0.1, 0.15) is 25.4 Å². The third-order valence-electron chi connectivity index (χ3n) is 8.49. The van der Waals surface area contributed by atoms with Gasteiger partial charge in [0.05, 0.1) is 13.2 Å². The summed E-state index contributed by atoms with van der Waals surface area (Å²) in [6.45, 7) is 2.12. The highest BCUT2D eigenvalue weighted by Crippen LogP contribution is 2.54. The maximum absolute atomic E-state index is 6.73. The van der Waals surface area contributed by atoms with Gasteiger partial charge in [-0.1, -0.05) is 133 Å². The quantitative estimate of drug-likeness (QED) is 0.193. The Morgan fingerprint density at radius 3 is 1.61 bits per heavy atom. The van der Waals surface area contributed by atoms with Gasteiger partial charge >= 0.3 is 0 Å². The second kappa shape index (κ2) is 13.4. The largest absolute Gasteiger partial charge is 0.486 e. The Morgan fingerprint density at radius 2 is 1.02 bits per heavy atom. The molecule has 1 aliphatic carbocycles. The van der Waals surface area contributed by atoms with Gasteiger partial charge in [0.25, 0.3) is 0 Å². The zero-order valence-corrected chi connectivity index (χ0v) is 27.2. The van der Waals surface area contributed by atoms with Crippen molar-refractivity contribution in [3.63, 3.8) is 0 Å². The summed E-state index contributed by atoms with van der Waals surface area (Å²) in [6.07, 6.45) is 4.03. The van der Waals surface area contributed by atoms with Gasteiger partial charge in [-0.15, -0.1) is 0 Å². The number of benzene rings is 5. The van der Waals surface area contributed by atoms with Crippen LogP contribution in [0.5, 0.6) is 11.5 Å². The van der Waals surface area contributed by atoms with E-state index in [0.717, 1.165) is 22.6 Å². The van der Waals surface area contributed by atoms with Gasteiger partial charge < -0.3 is 18.9 Å².